The van der Waals surface area contributed by atoms with Crippen molar-refractivity contribution in [1.29, 1.82) is 0 Å². The third kappa shape index (κ3) is 1.56. The topological polar surface area (TPSA) is 32.3 Å². The van der Waals surface area contributed by atoms with Crippen LogP contribution in [0.25, 0.3) is 0 Å². The van der Waals surface area contributed by atoms with Crippen LogP contribution >= 0.6 is 0 Å². The normalized spacial score (nSPS) is 39.7. The molecule has 2 nitrogen and oxygen atoms in total. The minimum absolute atomic E-state index is 0.0688. The molecule has 19 heavy (non-hydrogen) atoms. The highest BCUT2D eigenvalue weighted by Gasteiger charge is 2.56. The summed E-state index contributed by atoms with van der Waals surface area (Å²) in [6, 6.07) is 9.57. The number of aliphatic hydroxyl groups is 1. The van der Waals surface area contributed by atoms with Crippen LogP contribution in [0.5, 0.6) is 0 Å². The molecule has 0 radical (unpaired) electrons. The third-order valence-corrected chi connectivity index (χ3v) is 5.86. The van der Waals surface area contributed by atoms with Gasteiger partial charge in [0.15, 0.2) is 0 Å². The SMILES string of the molecule is OCCC12NC(Cc3ccccc31)C1CCCCC12. The third-order valence-electron chi connectivity index (χ3n) is 5.86. The first kappa shape index (κ1) is 11.9. The monoisotopic (exact) mass is 257 g/mol. The molecule has 0 amide bonds. The van der Waals surface area contributed by atoms with E-state index in [1.165, 1.54) is 43.2 Å². The van der Waals surface area contributed by atoms with Gasteiger partial charge in [-0.3, -0.25) is 0 Å². The minimum atomic E-state index is 0.0688. The fourth-order valence-electron chi connectivity index (χ4n) is 5.22. The van der Waals surface area contributed by atoms with Crippen LogP contribution in [0.1, 0.15) is 43.2 Å². The average molecular weight is 257 g/mol. The van der Waals surface area contributed by atoms with Gasteiger partial charge < -0.3 is 10.4 Å². The van der Waals surface area contributed by atoms with Gasteiger partial charge in [0.25, 0.3) is 0 Å². The summed E-state index contributed by atoms with van der Waals surface area (Å²) >= 11 is 0. The molecular formula is C17H23NO. The van der Waals surface area contributed by atoms with E-state index in [0.717, 1.165) is 18.3 Å². The molecule has 1 aromatic rings. The van der Waals surface area contributed by atoms with Crippen LogP contribution in [0.2, 0.25) is 0 Å². The molecule has 2 fully saturated rings. The lowest BCUT2D eigenvalue weighted by atomic mass is 9.68. The Hall–Kier alpha value is -0.860. The van der Waals surface area contributed by atoms with Gasteiger partial charge in [-0.2, -0.15) is 0 Å². The highest BCUT2D eigenvalue weighted by atomic mass is 16.3. The predicted octanol–water partition coefficient (Wildman–Crippen LogP) is 2.60. The van der Waals surface area contributed by atoms with Crippen LogP contribution in [-0.2, 0) is 12.0 Å². The zero-order valence-electron chi connectivity index (χ0n) is 11.4. The van der Waals surface area contributed by atoms with Gasteiger partial charge in [-0.1, -0.05) is 37.1 Å². The lowest BCUT2D eigenvalue weighted by Crippen LogP contribution is -2.49. The first-order valence-corrected chi connectivity index (χ1v) is 7.82. The molecule has 1 saturated heterocycles. The van der Waals surface area contributed by atoms with Gasteiger partial charge in [0.2, 0.25) is 0 Å². The summed E-state index contributed by atoms with van der Waals surface area (Å²) in [7, 11) is 0. The van der Waals surface area contributed by atoms with Crippen molar-refractivity contribution in [3.8, 4) is 0 Å². The van der Waals surface area contributed by atoms with Crippen molar-refractivity contribution in [2.75, 3.05) is 6.61 Å². The molecule has 2 heteroatoms. The average Bonchev–Trinajstić information content (AvgIpc) is 2.71. The molecule has 1 saturated carbocycles. The second kappa shape index (κ2) is 4.32. The lowest BCUT2D eigenvalue weighted by molar-refractivity contribution is 0.144. The Morgan fingerprint density at radius 3 is 2.95 bits per heavy atom. The second-order valence-electron chi connectivity index (χ2n) is 6.61. The number of hydrogen-bond donors (Lipinski definition) is 2. The van der Waals surface area contributed by atoms with Crippen LogP contribution in [-0.4, -0.2) is 17.8 Å². The molecule has 4 atom stereocenters. The van der Waals surface area contributed by atoms with Gasteiger partial charge >= 0.3 is 0 Å². The van der Waals surface area contributed by atoms with Crippen molar-refractivity contribution >= 4 is 0 Å². The summed E-state index contributed by atoms with van der Waals surface area (Å²) in [6.45, 7) is 0.289. The summed E-state index contributed by atoms with van der Waals surface area (Å²) in [5.74, 6) is 1.56. The van der Waals surface area contributed by atoms with E-state index in [1.54, 1.807) is 0 Å². The fourth-order valence-corrected chi connectivity index (χ4v) is 5.22. The van der Waals surface area contributed by atoms with E-state index < -0.39 is 0 Å². The van der Waals surface area contributed by atoms with Crippen LogP contribution in [0.4, 0.5) is 0 Å². The highest BCUT2D eigenvalue weighted by Crippen LogP contribution is 2.54. The molecule has 0 aromatic heterocycles. The van der Waals surface area contributed by atoms with Crippen molar-refractivity contribution in [2.24, 2.45) is 11.8 Å². The number of hydrogen-bond acceptors (Lipinski definition) is 2. The van der Waals surface area contributed by atoms with Crippen molar-refractivity contribution in [3.63, 3.8) is 0 Å². The smallest absolute Gasteiger partial charge is 0.0493 e. The molecule has 2 aliphatic heterocycles. The quantitative estimate of drug-likeness (QED) is 0.853. The Morgan fingerprint density at radius 2 is 2.05 bits per heavy atom. The maximum absolute atomic E-state index is 9.61. The Labute approximate surface area is 115 Å². The summed E-state index contributed by atoms with van der Waals surface area (Å²) < 4.78 is 0. The molecule has 1 aromatic carbocycles. The summed E-state index contributed by atoms with van der Waals surface area (Å²) in [4.78, 5) is 0. The van der Waals surface area contributed by atoms with Gasteiger partial charge in [-0.05, 0) is 48.6 Å². The van der Waals surface area contributed by atoms with Crippen LogP contribution in [0.15, 0.2) is 24.3 Å². The van der Waals surface area contributed by atoms with Gasteiger partial charge in [0.1, 0.15) is 0 Å². The molecule has 102 valence electrons. The van der Waals surface area contributed by atoms with Crippen LogP contribution in [0.3, 0.4) is 0 Å². The first-order chi connectivity index (χ1) is 9.35. The van der Waals surface area contributed by atoms with Gasteiger partial charge in [-0.25, -0.2) is 0 Å². The molecule has 2 N–H and O–H groups in total. The van der Waals surface area contributed by atoms with Gasteiger partial charge in [0, 0.05) is 18.2 Å². The summed E-state index contributed by atoms with van der Waals surface area (Å²) in [5.41, 5.74) is 3.07. The summed E-state index contributed by atoms with van der Waals surface area (Å²) in [5, 5.41) is 13.6. The molecule has 3 aliphatic rings. The number of benzene rings is 1. The summed E-state index contributed by atoms with van der Waals surface area (Å²) in [6.07, 6.45) is 7.54. The van der Waals surface area contributed by atoms with Crippen molar-refractivity contribution in [2.45, 2.75) is 50.1 Å². The molecule has 0 spiro atoms. The van der Waals surface area contributed by atoms with E-state index in [0.29, 0.717) is 6.04 Å². The molecule has 2 heterocycles. The Bertz CT molecular complexity index is 486. The van der Waals surface area contributed by atoms with E-state index in [9.17, 15) is 5.11 Å². The zero-order valence-corrected chi connectivity index (χ0v) is 11.4. The molecule has 2 bridgehead atoms. The van der Waals surface area contributed by atoms with Gasteiger partial charge in [0.05, 0.1) is 0 Å². The number of aliphatic hydroxyl groups excluding tert-OH is 1. The molecular weight excluding hydrogens is 234 g/mol. The van der Waals surface area contributed by atoms with E-state index >= 15 is 0 Å². The molecule has 1 aliphatic carbocycles. The Balaban J connectivity index is 1.85. The molecule has 4 rings (SSSR count). The maximum Gasteiger partial charge on any atom is 0.0493 e. The van der Waals surface area contributed by atoms with Crippen LogP contribution < -0.4 is 5.32 Å². The largest absolute Gasteiger partial charge is 0.396 e. The zero-order chi connectivity index (χ0) is 12.9. The Kier molecular flexibility index (Phi) is 2.71. The standard InChI is InChI=1S/C17H23NO/c19-10-9-17-14-7-3-1-5-12(14)11-16(18-17)13-6-2-4-8-15(13)17/h1,3,5,7,13,15-16,18-19H,2,4,6,8-11H2. The van der Waals surface area contributed by atoms with Crippen molar-refractivity contribution < 1.29 is 5.11 Å². The first-order valence-electron chi connectivity index (χ1n) is 7.82. The number of fused-ring (bicyclic) bond motifs is 7. The number of rotatable bonds is 2. The van der Waals surface area contributed by atoms with Crippen LogP contribution in [0, 0.1) is 11.8 Å². The number of nitrogens with one attached hydrogen (secondary N) is 1. The highest BCUT2D eigenvalue weighted by molar-refractivity contribution is 5.41. The van der Waals surface area contributed by atoms with Crippen molar-refractivity contribution in [3.05, 3.63) is 35.4 Å². The second-order valence-corrected chi connectivity index (χ2v) is 6.61. The van der Waals surface area contributed by atoms with Gasteiger partial charge in [-0.15, -0.1) is 0 Å². The fraction of sp³-hybridized carbons (Fsp3) is 0.647. The van der Waals surface area contributed by atoms with E-state index in [-0.39, 0.29) is 12.1 Å². The minimum Gasteiger partial charge on any atom is -0.396 e. The van der Waals surface area contributed by atoms with E-state index in [1.807, 2.05) is 0 Å². The van der Waals surface area contributed by atoms with E-state index in [2.05, 4.69) is 29.6 Å². The predicted molar refractivity (Wildman–Crippen MR) is 75.9 cm³/mol. The molecule has 4 unspecified atom stereocenters. The lowest BCUT2D eigenvalue weighted by Gasteiger charge is -2.41. The van der Waals surface area contributed by atoms with E-state index in [4.69, 9.17) is 0 Å². The van der Waals surface area contributed by atoms with Crippen molar-refractivity contribution in [1.82, 2.24) is 5.32 Å². The maximum atomic E-state index is 9.61. The Morgan fingerprint density at radius 1 is 1.21 bits per heavy atom.